The van der Waals surface area contributed by atoms with Gasteiger partial charge in [0.1, 0.15) is 0 Å². The first-order chi connectivity index (χ1) is 8.97. The zero-order valence-electron chi connectivity index (χ0n) is 11.6. The predicted octanol–water partition coefficient (Wildman–Crippen LogP) is 4.40. The maximum Gasteiger partial charge on any atom is 0.0838 e. The van der Waals surface area contributed by atoms with Crippen LogP contribution in [0.5, 0.6) is 0 Å². The van der Waals surface area contributed by atoms with Crippen molar-refractivity contribution in [2.75, 3.05) is 0 Å². The molecule has 0 bridgehead atoms. The van der Waals surface area contributed by atoms with Gasteiger partial charge in [0.15, 0.2) is 0 Å². The summed E-state index contributed by atoms with van der Waals surface area (Å²) in [6, 6.07) is 14.4. The van der Waals surface area contributed by atoms with Crippen molar-refractivity contribution in [1.82, 2.24) is 4.98 Å². The van der Waals surface area contributed by atoms with Crippen LogP contribution < -0.4 is 0 Å². The number of rotatable bonds is 1. The number of aliphatic hydroxyl groups excluding tert-OH is 1. The molecule has 0 spiro atoms. The number of fused-ring (bicyclic) bond motifs is 3. The predicted molar refractivity (Wildman–Crippen MR) is 80.2 cm³/mol. The summed E-state index contributed by atoms with van der Waals surface area (Å²) in [5, 5.41) is 12.8. The van der Waals surface area contributed by atoms with Gasteiger partial charge in [-0.05, 0) is 29.2 Å². The molecule has 3 rings (SSSR count). The van der Waals surface area contributed by atoms with Gasteiger partial charge in [-0.3, -0.25) is 0 Å². The van der Waals surface area contributed by atoms with E-state index in [2.05, 4.69) is 50.0 Å². The third-order valence-electron chi connectivity index (χ3n) is 3.67. The minimum absolute atomic E-state index is 0.153. The van der Waals surface area contributed by atoms with Crippen molar-refractivity contribution >= 4 is 21.8 Å². The molecule has 19 heavy (non-hydrogen) atoms. The fourth-order valence-corrected chi connectivity index (χ4v) is 2.54. The second kappa shape index (κ2) is 4.10. The lowest BCUT2D eigenvalue weighted by molar-refractivity contribution is 0.0628. The number of para-hydroxylation sites is 1. The molecule has 2 nitrogen and oxygen atoms in total. The zero-order chi connectivity index (χ0) is 13.6. The largest absolute Gasteiger partial charge is 0.388 e. The number of aliphatic hydroxyl groups is 1. The summed E-state index contributed by atoms with van der Waals surface area (Å²) in [6.45, 7) is 6.16. The Bertz CT molecular complexity index is 734. The lowest BCUT2D eigenvalue weighted by atomic mass is 9.84. The normalized spacial score (nSPS) is 14.1. The minimum atomic E-state index is -0.453. The number of nitrogens with one attached hydrogen (secondary N) is 1. The van der Waals surface area contributed by atoms with Crippen LogP contribution in [-0.4, -0.2) is 10.1 Å². The molecule has 0 aliphatic carbocycles. The standard InChI is InChI=1S/C17H19NO/c1-17(2,3)16(19)11-8-9-15-13(10-11)12-6-4-5-7-14(12)18-15/h4-10,16,18-19H,1-3H3. The second-order valence-electron chi connectivity index (χ2n) is 6.24. The van der Waals surface area contributed by atoms with E-state index in [1.54, 1.807) is 0 Å². The molecule has 0 saturated heterocycles. The third kappa shape index (κ3) is 2.02. The van der Waals surface area contributed by atoms with Gasteiger partial charge < -0.3 is 10.1 Å². The van der Waals surface area contributed by atoms with Gasteiger partial charge in [-0.2, -0.15) is 0 Å². The summed E-state index contributed by atoms with van der Waals surface area (Å²) in [6.07, 6.45) is -0.453. The van der Waals surface area contributed by atoms with Crippen LogP contribution in [0.3, 0.4) is 0 Å². The highest BCUT2D eigenvalue weighted by atomic mass is 16.3. The summed E-state index contributed by atoms with van der Waals surface area (Å²) >= 11 is 0. The number of aromatic nitrogens is 1. The van der Waals surface area contributed by atoms with E-state index in [-0.39, 0.29) is 5.41 Å². The first-order valence-electron chi connectivity index (χ1n) is 6.65. The Balaban J connectivity index is 2.22. The van der Waals surface area contributed by atoms with Gasteiger partial charge in [0.25, 0.3) is 0 Å². The van der Waals surface area contributed by atoms with Gasteiger partial charge >= 0.3 is 0 Å². The van der Waals surface area contributed by atoms with Gasteiger partial charge in [0, 0.05) is 21.8 Å². The van der Waals surface area contributed by atoms with Crippen LogP contribution in [0.25, 0.3) is 21.8 Å². The van der Waals surface area contributed by atoms with Gasteiger partial charge in [0.2, 0.25) is 0 Å². The van der Waals surface area contributed by atoms with Gasteiger partial charge in [-0.1, -0.05) is 45.0 Å². The topological polar surface area (TPSA) is 36.0 Å². The van der Waals surface area contributed by atoms with E-state index in [0.29, 0.717) is 0 Å². The summed E-state index contributed by atoms with van der Waals surface area (Å²) in [7, 11) is 0. The highest BCUT2D eigenvalue weighted by Gasteiger charge is 2.24. The Kier molecular flexibility index (Phi) is 2.64. The minimum Gasteiger partial charge on any atom is -0.388 e. The van der Waals surface area contributed by atoms with E-state index in [1.165, 1.54) is 10.8 Å². The Morgan fingerprint density at radius 3 is 2.37 bits per heavy atom. The van der Waals surface area contributed by atoms with E-state index >= 15 is 0 Å². The lowest BCUT2D eigenvalue weighted by Gasteiger charge is -2.26. The fraction of sp³-hybridized carbons (Fsp3) is 0.294. The van der Waals surface area contributed by atoms with Crippen LogP contribution in [0.4, 0.5) is 0 Å². The second-order valence-corrected chi connectivity index (χ2v) is 6.24. The molecule has 0 saturated carbocycles. The Morgan fingerprint density at radius 1 is 0.947 bits per heavy atom. The molecule has 2 N–H and O–H groups in total. The van der Waals surface area contributed by atoms with Crippen LogP contribution >= 0.6 is 0 Å². The maximum atomic E-state index is 10.4. The molecule has 1 atom stereocenters. The molecule has 98 valence electrons. The van der Waals surface area contributed by atoms with Gasteiger partial charge in [0.05, 0.1) is 6.10 Å². The number of H-pyrrole nitrogens is 1. The summed E-state index contributed by atoms with van der Waals surface area (Å²) in [4.78, 5) is 3.40. The van der Waals surface area contributed by atoms with Crippen molar-refractivity contribution in [1.29, 1.82) is 0 Å². The molecule has 2 heteroatoms. The molecule has 0 radical (unpaired) electrons. The molecule has 0 fully saturated rings. The van der Waals surface area contributed by atoms with E-state index < -0.39 is 6.10 Å². The number of hydrogen-bond donors (Lipinski definition) is 2. The van der Waals surface area contributed by atoms with Crippen molar-refractivity contribution in [3.63, 3.8) is 0 Å². The van der Waals surface area contributed by atoms with Crippen molar-refractivity contribution < 1.29 is 5.11 Å². The quantitative estimate of drug-likeness (QED) is 0.662. The molecule has 2 aromatic carbocycles. The third-order valence-corrected chi connectivity index (χ3v) is 3.67. The Hall–Kier alpha value is -1.80. The van der Waals surface area contributed by atoms with Crippen molar-refractivity contribution in [3.05, 3.63) is 48.0 Å². The SMILES string of the molecule is CC(C)(C)C(O)c1ccc2[nH]c3ccccc3c2c1. The molecule has 0 aliphatic heterocycles. The van der Waals surface area contributed by atoms with Crippen LogP contribution in [0, 0.1) is 5.41 Å². The van der Waals surface area contributed by atoms with E-state index in [4.69, 9.17) is 0 Å². The van der Waals surface area contributed by atoms with Crippen molar-refractivity contribution in [3.8, 4) is 0 Å². The molecule has 1 aromatic heterocycles. The summed E-state index contributed by atoms with van der Waals surface area (Å²) < 4.78 is 0. The Labute approximate surface area is 113 Å². The first kappa shape index (κ1) is 12.2. The molecule has 0 amide bonds. The molecule has 1 heterocycles. The van der Waals surface area contributed by atoms with Crippen LogP contribution in [0.1, 0.15) is 32.4 Å². The lowest BCUT2D eigenvalue weighted by Crippen LogP contribution is -2.17. The van der Waals surface area contributed by atoms with Gasteiger partial charge in [-0.25, -0.2) is 0 Å². The monoisotopic (exact) mass is 253 g/mol. The van der Waals surface area contributed by atoms with E-state index in [1.807, 2.05) is 18.2 Å². The molecular weight excluding hydrogens is 234 g/mol. The van der Waals surface area contributed by atoms with Crippen LogP contribution in [0.2, 0.25) is 0 Å². The van der Waals surface area contributed by atoms with Crippen molar-refractivity contribution in [2.24, 2.45) is 5.41 Å². The van der Waals surface area contributed by atoms with E-state index in [0.717, 1.165) is 16.6 Å². The molecular formula is C17H19NO. The molecule has 1 unspecified atom stereocenters. The molecule has 0 aliphatic rings. The average molecular weight is 253 g/mol. The maximum absolute atomic E-state index is 10.4. The Morgan fingerprint density at radius 2 is 1.63 bits per heavy atom. The average Bonchev–Trinajstić information content (AvgIpc) is 2.74. The zero-order valence-corrected chi connectivity index (χ0v) is 11.6. The van der Waals surface area contributed by atoms with Crippen molar-refractivity contribution in [2.45, 2.75) is 26.9 Å². The summed E-state index contributed by atoms with van der Waals surface area (Å²) in [5.41, 5.74) is 3.08. The highest BCUT2D eigenvalue weighted by molar-refractivity contribution is 6.07. The van der Waals surface area contributed by atoms with Crippen LogP contribution in [-0.2, 0) is 0 Å². The molecule has 3 aromatic rings. The van der Waals surface area contributed by atoms with Gasteiger partial charge in [-0.15, -0.1) is 0 Å². The fourth-order valence-electron chi connectivity index (χ4n) is 2.54. The van der Waals surface area contributed by atoms with E-state index in [9.17, 15) is 5.11 Å². The number of hydrogen-bond acceptors (Lipinski definition) is 1. The first-order valence-corrected chi connectivity index (χ1v) is 6.65. The smallest absolute Gasteiger partial charge is 0.0838 e. The summed E-state index contributed by atoms with van der Waals surface area (Å²) in [5.74, 6) is 0. The number of benzene rings is 2. The highest BCUT2D eigenvalue weighted by Crippen LogP contribution is 2.35. The number of aromatic amines is 1. The van der Waals surface area contributed by atoms with Crippen LogP contribution in [0.15, 0.2) is 42.5 Å².